The average Bonchev–Trinajstić information content (AvgIpc) is 2.94. The van der Waals surface area contributed by atoms with Crippen molar-refractivity contribution in [3.8, 4) is 6.07 Å². The molecular weight excluding hydrogens is 264 g/mol. The monoisotopic (exact) mass is 286 g/mol. The molecule has 3 rings (SSSR count). The van der Waals surface area contributed by atoms with Crippen LogP contribution in [-0.2, 0) is 11.3 Å². The molecule has 0 bridgehead atoms. The van der Waals surface area contributed by atoms with Gasteiger partial charge in [0.25, 0.3) is 0 Å². The van der Waals surface area contributed by atoms with Gasteiger partial charge in [-0.05, 0) is 24.5 Å². The van der Waals surface area contributed by atoms with Gasteiger partial charge in [0.1, 0.15) is 0 Å². The van der Waals surface area contributed by atoms with E-state index in [2.05, 4.69) is 11.0 Å². The highest BCUT2D eigenvalue weighted by Crippen LogP contribution is 2.33. The van der Waals surface area contributed by atoms with Crippen LogP contribution in [-0.4, -0.2) is 41.9 Å². The summed E-state index contributed by atoms with van der Waals surface area (Å²) >= 11 is 0. The standard InChI is InChI=1S/C17H22N2O2/c18-10-13-4-1-2-5-14(13)11-19-8-9-21-12-16(19)15-6-3-7-17(15)20/h1-2,4-5,15-17,20H,3,6-9,11-12H2/t15-,16-,17+/m1/s1. The molecule has 1 aliphatic heterocycles. The molecule has 0 amide bonds. The number of rotatable bonds is 3. The van der Waals surface area contributed by atoms with Crippen LogP contribution < -0.4 is 0 Å². The molecule has 112 valence electrons. The predicted octanol–water partition coefficient (Wildman–Crippen LogP) is 1.92. The molecule has 0 unspecified atom stereocenters. The summed E-state index contributed by atoms with van der Waals surface area (Å²) in [6.07, 6.45) is 2.88. The van der Waals surface area contributed by atoms with Crippen molar-refractivity contribution in [2.45, 2.75) is 38.0 Å². The highest BCUT2D eigenvalue weighted by molar-refractivity contribution is 5.37. The summed E-state index contributed by atoms with van der Waals surface area (Å²) in [5.74, 6) is 0.305. The van der Waals surface area contributed by atoms with E-state index in [-0.39, 0.29) is 12.1 Å². The molecule has 1 aromatic carbocycles. The van der Waals surface area contributed by atoms with Crippen molar-refractivity contribution in [2.24, 2.45) is 5.92 Å². The highest BCUT2D eigenvalue weighted by atomic mass is 16.5. The molecule has 1 saturated heterocycles. The molecule has 3 atom stereocenters. The Morgan fingerprint density at radius 2 is 2.19 bits per heavy atom. The molecule has 1 aromatic rings. The van der Waals surface area contributed by atoms with E-state index < -0.39 is 0 Å². The van der Waals surface area contributed by atoms with E-state index in [0.717, 1.165) is 50.1 Å². The van der Waals surface area contributed by atoms with E-state index in [0.29, 0.717) is 12.5 Å². The van der Waals surface area contributed by atoms with Gasteiger partial charge in [-0.1, -0.05) is 24.6 Å². The number of nitriles is 1. The normalized spacial score (nSPS) is 30.2. The van der Waals surface area contributed by atoms with Crippen molar-refractivity contribution < 1.29 is 9.84 Å². The SMILES string of the molecule is N#Cc1ccccc1CN1CCOC[C@@H]1[C@H]1CCC[C@@H]1O. The van der Waals surface area contributed by atoms with Crippen LogP contribution in [0.15, 0.2) is 24.3 Å². The molecule has 0 aromatic heterocycles. The first-order chi connectivity index (χ1) is 10.3. The van der Waals surface area contributed by atoms with Crippen molar-refractivity contribution >= 4 is 0 Å². The van der Waals surface area contributed by atoms with E-state index >= 15 is 0 Å². The number of hydrogen-bond donors (Lipinski definition) is 1. The quantitative estimate of drug-likeness (QED) is 0.922. The van der Waals surface area contributed by atoms with Crippen molar-refractivity contribution in [3.05, 3.63) is 35.4 Å². The lowest BCUT2D eigenvalue weighted by Gasteiger charge is -2.40. The van der Waals surface area contributed by atoms with Gasteiger partial charge < -0.3 is 9.84 Å². The predicted molar refractivity (Wildman–Crippen MR) is 79.5 cm³/mol. The molecule has 2 fully saturated rings. The van der Waals surface area contributed by atoms with Gasteiger partial charge >= 0.3 is 0 Å². The summed E-state index contributed by atoms with van der Waals surface area (Å²) in [5.41, 5.74) is 1.81. The smallest absolute Gasteiger partial charge is 0.0995 e. The zero-order chi connectivity index (χ0) is 14.7. The Hall–Kier alpha value is -1.41. The van der Waals surface area contributed by atoms with Crippen LogP contribution >= 0.6 is 0 Å². The number of aliphatic hydroxyl groups is 1. The van der Waals surface area contributed by atoms with E-state index in [4.69, 9.17) is 4.74 Å². The summed E-state index contributed by atoms with van der Waals surface area (Å²) in [7, 11) is 0. The third-order valence-corrected chi connectivity index (χ3v) is 4.82. The third-order valence-electron chi connectivity index (χ3n) is 4.82. The lowest BCUT2D eigenvalue weighted by atomic mass is 9.93. The Bertz CT molecular complexity index is 526. The molecule has 1 saturated carbocycles. The fourth-order valence-corrected chi connectivity index (χ4v) is 3.65. The molecule has 4 nitrogen and oxygen atoms in total. The Labute approximate surface area is 125 Å². The zero-order valence-electron chi connectivity index (χ0n) is 12.2. The van der Waals surface area contributed by atoms with Gasteiger partial charge in [-0.3, -0.25) is 4.90 Å². The number of ether oxygens (including phenoxy) is 1. The molecule has 1 heterocycles. The van der Waals surface area contributed by atoms with Gasteiger partial charge in [0.15, 0.2) is 0 Å². The lowest BCUT2D eigenvalue weighted by molar-refractivity contribution is -0.0536. The molecule has 1 N–H and O–H groups in total. The first kappa shape index (κ1) is 14.5. The molecular formula is C17H22N2O2. The van der Waals surface area contributed by atoms with Gasteiger partial charge in [-0.2, -0.15) is 5.26 Å². The van der Waals surface area contributed by atoms with Crippen molar-refractivity contribution in [1.29, 1.82) is 5.26 Å². The second-order valence-electron chi connectivity index (χ2n) is 6.04. The molecule has 1 aliphatic carbocycles. The molecule has 0 radical (unpaired) electrons. The average molecular weight is 286 g/mol. The van der Waals surface area contributed by atoms with E-state index in [1.807, 2.05) is 24.3 Å². The molecule has 4 heteroatoms. The third kappa shape index (κ3) is 3.11. The molecule has 0 spiro atoms. The number of hydrogen-bond acceptors (Lipinski definition) is 4. The molecule has 2 aliphatic rings. The van der Waals surface area contributed by atoms with Gasteiger partial charge in [0.2, 0.25) is 0 Å². The van der Waals surface area contributed by atoms with Gasteiger partial charge in [-0.25, -0.2) is 0 Å². The summed E-state index contributed by atoms with van der Waals surface area (Å²) in [4.78, 5) is 2.39. The number of morpholine rings is 1. The highest BCUT2D eigenvalue weighted by Gasteiger charge is 2.37. The van der Waals surface area contributed by atoms with E-state index in [1.165, 1.54) is 0 Å². The van der Waals surface area contributed by atoms with Crippen molar-refractivity contribution in [1.82, 2.24) is 4.90 Å². The van der Waals surface area contributed by atoms with Crippen LogP contribution in [0.25, 0.3) is 0 Å². The minimum atomic E-state index is -0.203. The molecule has 21 heavy (non-hydrogen) atoms. The zero-order valence-corrected chi connectivity index (χ0v) is 12.2. The van der Waals surface area contributed by atoms with Crippen LogP contribution in [0.1, 0.15) is 30.4 Å². The minimum absolute atomic E-state index is 0.203. The van der Waals surface area contributed by atoms with Gasteiger partial charge in [0, 0.05) is 25.0 Å². The Balaban J connectivity index is 1.77. The lowest BCUT2D eigenvalue weighted by Crippen LogP contribution is -2.50. The van der Waals surface area contributed by atoms with Gasteiger partial charge in [-0.15, -0.1) is 0 Å². The number of benzene rings is 1. The van der Waals surface area contributed by atoms with E-state index in [9.17, 15) is 10.4 Å². The van der Waals surface area contributed by atoms with Crippen LogP contribution in [0.4, 0.5) is 0 Å². The first-order valence-corrected chi connectivity index (χ1v) is 7.77. The Morgan fingerprint density at radius 1 is 1.33 bits per heavy atom. The van der Waals surface area contributed by atoms with Crippen molar-refractivity contribution in [2.75, 3.05) is 19.8 Å². The first-order valence-electron chi connectivity index (χ1n) is 7.77. The largest absolute Gasteiger partial charge is 0.393 e. The number of nitrogens with zero attached hydrogens (tertiary/aromatic N) is 2. The fourth-order valence-electron chi connectivity index (χ4n) is 3.65. The Kier molecular flexibility index (Phi) is 4.54. The maximum Gasteiger partial charge on any atom is 0.0995 e. The van der Waals surface area contributed by atoms with Crippen LogP contribution in [0, 0.1) is 17.2 Å². The second-order valence-corrected chi connectivity index (χ2v) is 6.04. The summed E-state index contributed by atoms with van der Waals surface area (Å²) < 4.78 is 5.65. The second kappa shape index (κ2) is 6.57. The summed E-state index contributed by atoms with van der Waals surface area (Å²) in [6.45, 7) is 3.05. The maximum atomic E-state index is 10.2. The number of aliphatic hydroxyl groups excluding tert-OH is 1. The summed E-state index contributed by atoms with van der Waals surface area (Å²) in [5, 5.41) is 19.4. The fraction of sp³-hybridized carbons (Fsp3) is 0.588. The topological polar surface area (TPSA) is 56.5 Å². The summed E-state index contributed by atoms with van der Waals surface area (Å²) in [6, 6.07) is 10.3. The Morgan fingerprint density at radius 3 is 2.95 bits per heavy atom. The van der Waals surface area contributed by atoms with Crippen LogP contribution in [0.2, 0.25) is 0 Å². The minimum Gasteiger partial charge on any atom is -0.393 e. The van der Waals surface area contributed by atoms with E-state index in [1.54, 1.807) is 0 Å². The van der Waals surface area contributed by atoms with Crippen LogP contribution in [0.3, 0.4) is 0 Å². The van der Waals surface area contributed by atoms with Gasteiger partial charge in [0.05, 0.1) is 31.0 Å². The van der Waals surface area contributed by atoms with Crippen molar-refractivity contribution in [3.63, 3.8) is 0 Å². The van der Waals surface area contributed by atoms with Crippen LogP contribution in [0.5, 0.6) is 0 Å². The maximum absolute atomic E-state index is 10.2.